The number of anilines is 1. The van der Waals surface area contributed by atoms with Gasteiger partial charge in [0, 0.05) is 5.02 Å². The van der Waals surface area contributed by atoms with E-state index in [9.17, 15) is 9.59 Å². The molecule has 0 aliphatic carbocycles. The SMILES string of the molecule is O=C1c2c(Cl)c(Cl)c(Cl)c(Cl)c2C(=O)N1Nc1c(Cl)cc(Cl)cc1Cl. The third-order valence-electron chi connectivity index (χ3n) is 3.33. The van der Waals surface area contributed by atoms with Gasteiger partial charge in [0.2, 0.25) is 0 Å². The number of amides is 2. The largest absolute Gasteiger partial charge is 0.285 e. The zero-order valence-corrected chi connectivity index (χ0v) is 16.9. The maximum absolute atomic E-state index is 12.6. The van der Waals surface area contributed by atoms with Crippen LogP contribution in [0.4, 0.5) is 5.69 Å². The molecule has 3 rings (SSSR count). The summed E-state index contributed by atoms with van der Waals surface area (Å²) in [5.41, 5.74) is 2.32. The molecule has 130 valence electrons. The van der Waals surface area contributed by atoms with Gasteiger partial charge in [0.05, 0.1) is 47.0 Å². The molecule has 0 unspecified atom stereocenters. The van der Waals surface area contributed by atoms with E-state index in [2.05, 4.69) is 5.43 Å². The Hall–Kier alpha value is -0.590. The van der Waals surface area contributed by atoms with Crippen molar-refractivity contribution in [3.63, 3.8) is 0 Å². The van der Waals surface area contributed by atoms with Gasteiger partial charge in [-0.3, -0.25) is 15.0 Å². The van der Waals surface area contributed by atoms with Crippen LogP contribution in [-0.2, 0) is 0 Å². The maximum atomic E-state index is 12.6. The van der Waals surface area contributed by atoms with Crippen molar-refractivity contribution in [2.24, 2.45) is 0 Å². The molecule has 0 spiro atoms. The van der Waals surface area contributed by atoms with Crippen LogP contribution >= 0.6 is 81.2 Å². The quantitative estimate of drug-likeness (QED) is 0.290. The van der Waals surface area contributed by atoms with Crippen molar-refractivity contribution in [1.82, 2.24) is 5.01 Å². The molecule has 1 N–H and O–H groups in total. The van der Waals surface area contributed by atoms with Crippen LogP contribution in [0.25, 0.3) is 0 Å². The molecule has 0 saturated heterocycles. The number of carbonyl (C=O) groups is 2. The minimum Gasteiger partial charge on any atom is -0.285 e. The summed E-state index contributed by atoms with van der Waals surface area (Å²) < 4.78 is 0. The van der Waals surface area contributed by atoms with Gasteiger partial charge in [-0.1, -0.05) is 81.2 Å². The van der Waals surface area contributed by atoms with E-state index in [1.165, 1.54) is 12.1 Å². The van der Waals surface area contributed by atoms with Crippen LogP contribution in [0.2, 0.25) is 35.2 Å². The molecule has 25 heavy (non-hydrogen) atoms. The highest BCUT2D eigenvalue weighted by Crippen LogP contribution is 2.45. The van der Waals surface area contributed by atoms with Crippen molar-refractivity contribution >= 4 is 98.7 Å². The van der Waals surface area contributed by atoms with E-state index in [-0.39, 0.29) is 52.0 Å². The highest BCUT2D eigenvalue weighted by atomic mass is 35.5. The average molecular weight is 479 g/mol. The van der Waals surface area contributed by atoms with Crippen molar-refractivity contribution in [3.8, 4) is 0 Å². The van der Waals surface area contributed by atoms with Crippen LogP contribution < -0.4 is 5.43 Å². The van der Waals surface area contributed by atoms with E-state index in [0.29, 0.717) is 5.01 Å². The molecule has 2 aromatic carbocycles. The predicted molar refractivity (Wildman–Crippen MR) is 102 cm³/mol. The molecule has 0 bridgehead atoms. The van der Waals surface area contributed by atoms with Crippen molar-refractivity contribution in [2.45, 2.75) is 0 Å². The number of imide groups is 1. The van der Waals surface area contributed by atoms with Crippen molar-refractivity contribution in [1.29, 1.82) is 0 Å². The molecule has 0 atom stereocenters. The second kappa shape index (κ2) is 6.86. The number of hydrogen-bond donors (Lipinski definition) is 1. The van der Waals surface area contributed by atoms with E-state index < -0.39 is 11.8 Å². The number of nitrogens with one attached hydrogen (secondary N) is 1. The number of benzene rings is 2. The Balaban J connectivity index is 2.11. The smallest absolute Gasteiger partial charge is 0.282 e. The molecular formula is C14H3Cl7N2O2. The number of hydrazine groups is 1. The zero-order chi connectivity index (χ0) is 18.6. The number of nitrogens with zero attached hydrogens (tertiary/aromatic N) is 1. The summed E-state index contributed by atoms with van der Waals surface area (Å²) in [6, 6.07) is 2.78. The first-order valence-electron chi connectivity index (χ1n) is 6.31. The lowest BCUT2D eigenvalue weighted by Gasteiger charge is -2.18. The Bertz CT molecular complexity index is 891. The second-order valence-corrected chi connectivity index (χ2v) is 7.57. The average Bonchev–Trinajstić information content (AvgIpc) is 2.78. The molecule has 2 amide bonds. The normalized spacial score (nSPS) is 13.5. The van der Waals surface area contributed by atoms with Crippen molar-refractivity contribution in [2.75, 3.05) is 5.43 Å². The van der Waals surface area contributed by atoms with Crippen LogP contribution in [-0.4, -0.2) is 16.8 Å². The molecule has 1 heterocycles. The summed E-state index contributed by atoms with van der Waals surface area (Å²) in [6.45, 7) is 0. The topological polar surface area (TPSA) is 49.4 Å². The fourth-order valence-electron chi connectivity index (χ4n) is 2.21. The maximum Gasteiger partial charge on any atom is 0.282 e. The Morgan fingerprint density at radius 1 is 0.680 bits per heavy atom. The lowest BCUT2D eigenvalue weighted by atomic mass is 10.1. The number of carbonyl (C=O) groups excluding carboxylic acids is 2. The molecule has 1 aliphatic heterocycles. The molecule has 0 aromatic heterocycles. The minimum absolute atomic E-state index is 0.0994. The Morgan fingerprint density at radius 2 is 1.08 bits per heavy atom. The lowest BCUT2D eigenvalue weighted by molar-refractivity contribution is 0.0691. The van der Waals surface area contributed by atoms with Crippen LogP contribution in [0.3, 0.4) is 0 Å². The number of halogens is 7. The van der Waals surface area contributed by atoms with Gasteiger partial charge in [-0.15, -0.1) is 0 Å². The number of fused-ring (bicyclic) bond motifs is 1. The Labute approximate surface area is 176 Å². The fraction of sp³-hybridized carbons (Fsp3) is 0. The van der Waals surface area contributed by atoms with Gasteiger partial charge in [-0.25, -0.2) is 0 Å². The molecular weight excluding hydrogens is 476 g/mol. The van der Waals surface area contributed by atoms with Gasteiger partial charge in [0.25, 0.3) is 11.8 Å². The third-order valence-corrected chi connectivity index (χ3v) is 5.95. The summed E-state index contributed by atoms with van der Waals surface area (Å²) >= 11 is 42.0. The standard InChI is InChI=1S/C14H3Cl7N2O2/c15-3-1-4(16)12(5(17)2-3)22-23-13(24)6-7(14(23)25)9(19)11(21)10(20)8(6)18/h1-2,22H. The van der Waals surface area contributed by atoms with E-state index in [0.717, 1.165) is 0 Å². The van der Waals surface area contributed by atoms with E-state index in [4.69, 9.17) is 81.2 Å². The molecule has 4 nitrogen and oxygen atoms in total. The van der Waals surface area contributed by atoms with Crippen LogP contribution in [0, 0.1) is 0 Å². The first-order valence-corrected chi connectivity index (χ1v) is 8.95. The Kier molecular flexibility index (Phi) is 5.26. The van der Waals surface area contributed by atoms with Gasteiger partial charge in [-0.05, 0) is 12.1 Å². The molecule has 0 saturated carbocycles. The molecule has 0 fully saturated rings. The van der Waals surface area contributed by atoms with E-state index in [1.54, 1.807) is 0 Å². The van der Waals surface area contributed by atoms with Crippen molar-refractivity contribution in [3.05, 3.63) is 58.4 Å². The van der Waals surface area contributed by atoms with Crippen LogP contribution in [0.1, 0.15) is 20.7 Å². The monoisotopic (exact) mass is 476 g/mol. The lowest BCUT2D eigenvalue weighted by Crippen LogP contribution is -2.35. The van der Waals surface area contributed by atoms with Crippen LogP contribution in [0.5, 0.6) is 0 Å². The molecule has 2 aromatic rings. The van der Waals surface area contributed by atoms with E-state index >= 15 is 0 Å². The Morgan fingerprint density at radius 3 is 1.48 bits per heavy atom. The van der Waals surface area contributed by atoms with Gasteiger partial charge >= 0.3 is 0 Å². The van der Waals surface area contributed by atoms with Gasteiger partial charge in [0.15, 0.2) is 0 Å². The highest BCUT2D eigenvalue weighted by molar-refractivity contribution is 6.55. The van der Waals surface area contributed by atoms with Crippen LogP contribution in [0.15, 0.2) is 12.1 Å². The summed E-state index contributed by atoms with van der Waals surface area (Å²) in [6.07, 6.45) is 0. The summed E-state index contributed by atoms with van der Waals surface area (Å²) in [7, 11) is 0. The molecule has 0 radical (unpaired) electrons. The summed E-state index contributed by atoms with van der Waals surface area (Å²) in [5.74, 6) is -1.57. The number of hydrogen-bond acceptors (Lipinski definition) is 3. The fourth-order valence-corrected chi connectivity index (χ4v) is 4.13. The van der Waals surface area contributed by atoms with Gasteiger partial charge in [0.1, 0.15) is 0 Å². The summed E-state index contributed by atoms with van der Waals surface area (Å²) in [5, 5.41) is 0.535. The molecule has 11 heteroatoms. The van der Waals surface area contributed by atoms with Gasteiger partial charge < -0.3 is 0 Å². The predicted octanol–water partition coefficient (Wildman–Crippen LogP) is 6.88. The minimum atomic E-state index is -0.785. The first kappa shape index (κ1) is 19.2. The highest BCUT2D eigenvalue weighted by Gasteiger charge is 2.42. The van der Waals surface area contributed by atoms with Crippen molar-refractivity contribution < 1.29 is 9.59 Å². The second-order valence-electron chi connectivity index (χ2n) is 4.81. The molecule has 1 aliphatic rings. The van der Waals surface area contributed by atoms with E-state index in [1.807, 2.05) is 0 Å². The zero-order valence-electron chi connectivity index (χ0n) is 11.6. The summed E-state index contributed by atoms with van der Waals surface area (Å²) in [4.78, 5) is 25.2. The van der Waals surface area contributed by atoms with Gasteiger partial charge in [-0.2, -0.15) is 5.01 Å². The number of rotatable bonds is 2. The first-order chi connectivity index (χ1) is 11.6. The third kappa shape index (κ3) is 3.04.